The number of aliphatic hydroxyl groups is 1. The number of benzene rings is 1. The van der Waals surface area contributed by atoms with Gasteiger partial charge in [0.15, 0.2) is 0 Å². The molecule has 2 atom stereocenters. The minimum Gasteiger partial charge on any atom is -0.465 e. The normalized spacial score (nSPS) is 24.7. The Morgan fingerprint density at radius 1 is 1.35 bits per heavy atom. The van der Waals surface area contributed by atoms with E-state index in [4.69, 9.17) is 5.11 Å². The number of hydrogen-bond donors (Lipinski definition) is 2. The summed E-state index contributed by atoms with van der Waals surface area (Å²) in [6.45, 7) is 0.670. The summed E-state index contributed by atoms with van der Waals surface area (Å²) in [4.78, 5) is 12.1. The SMILES string of the molecule is O=C(O)N1CC[C@H](c2ccc(Br)cc2)[C@@H](O)C1. The maximum absolute atomic E-state index is 10.8. The lowest BCUT2D eigenvalue weighted by Gasteiger charge is -2.34. The first-order chi connectivity index (χ1) is 8.08. The summed E-state index contributed by atoms with van der Waals surface area (Å²) in [6, 6.07) is 7.81. The van der Waals surface area contributed by atoms with Crippen molar-refractivity contribution in [3.05, 3.63) is 34.3 Å². The smallest absolute Gasteiger partial charge is 0.407 e. The second-order valence-corrected chi connectivity index (χ2v) is 5.16. The molecule has 1 aromatic rings. The Hall–Kier alpha value is -1.07. The molecule has 0 aliphatic carbocycles. The molecule has 1 fully saturated rings. The van der Waals surface area contributed by atoms with Gasteiger partial charge in [-0.15, -0.1) is 0 Å². The fourth-order valence-electron chi connectivity index (χ4n) is 2.20. The zero-order valence-electron chi connectivity index (χ0n) is 9.21. The second-order valence-electron chi connectivity index (χ2n) is 4.24. The molecule has 4 nitrogen and oxygen atoms in total. The van der Waals surface area contributed by atoms with Gasteiger partial charge in [-0.05, 0) is 24.1 Å². The zero-order chi connectivity index (χ0) is 12.4. The van der Waals surface area contributed by atoms with Crippen LogP contribution in [0.1, 0.15) is 17.9 Å². The number of hydrogen-bond acceptors (Lipinski definition) is 2. The van der Waals surface area contributed by atoms with Crippen LogP contribution in [0.5, 0.6) is 0 Å². The standard InChI is InChI=1S/C12H14BrNO3/c13-9-3-1-8(2-4-9)10-5-6-14(12(16)17)7-11(10)15/h1-4,10-11,15H,5-7H2,(H,16,17)/t10-,11+/m1/s1. The Kier molecular flexibility index (Phi) is 3.69. The quantitative estimate of drug-likeness (QED) is 0.836. The van der Waals surface area contributed by atoms with E-state index in [0.717, 1.165) is 10.0 Å². The van der Waals surface area contributed by atoms with Crippen LogP contribution < -0.4 is 0 Å². The number of carbonyl (C=O) groups is 1. The van der Waals surface area contributed by atoms with Crippen LogP contribution in [0.3, 0.4) is 0 Å². The summed E-state index contributed by atoms with van der Waals surface area (Å²) in [7, 11) is 0. The molecule has 0 spiro atoms. The first kappa shape index (κ1) is 12.4. The van der Waals surface area contributed by atoms with Crippen LogP contribution in [-0.4, -0.2) is 40.4 Å². The van der Waals surface area contributed by atoms with Crippen molar-refractivity contribution in [3.63, 3.8) is 0 Å². The first-order valence-electron chi connectivity index (χ1n) is 5.49. The molecule has 1 saturated heterocycles. The molecule has 0 aromatic heterocycles. The van der Waals surface area contributed by atoms with Gasteiger partial charge < -0.3 is 15.1 Å². The van der Waals surface area contributed by atoms with E-state index in [-0.39, 0.29) is 12.5 Å². The highest BCUT2D eigenvalue weighted by molar-refractivity contribution is 9.10. The second kappa shape index (κ2) is 5.06. The van der Waals surface area contributed by atoms with Crippen molar-refractivity contribution in [2.45, 2.75) is 18.4 Å². The van der Waals surface area contributed by atoms with Gasteiger partial charge in [-0.25, -0.2) is 4.79 Å². The van der Waals surface area contributed by atoms with E-state index in [1.807, 2.05) is 24.3 Å². The van der Waals surface area contributed by atoms with Crippen molar-refractivity contribution in [1.82, 2.24) is 4.90 Å². The Bertz CT molecular complexity index is 407. The largest absolute Gasteiger partial charge is 0.465 e. The topological polar surface area (TPSA) is 60.8 Å². The predicted molar refractivity (Wildman–Crippen MR) is 67.1 cm³/mol. The van der Waals surface area contributed by atoms with E-state index in [9.17, 15) is 9.90 Å². The van der Waals surface area contributed by atoms with Crippen LogP contribution in [-0.2, 0) is 0 Å². The Morgan fingerprint density at radius 2 is 2.00 bits per heavy atom. The number of amides is 1. The number of piperidine rings is 1. The average Bonchev–Trinajstić information content (AvgIpc) is 2.30. The van der Waals surface area contributed by atoms with Crippen molar-refractivity contribution in [2.75, 3.05) is 13.1 Å². The van der Waals surface area contributed by atoms with Gasteiger partial charge in [-0.1, -0.05) is 28.1 Å². The fraction of sp³-hybridized carbons (Fsp3) is 0.417. The van der Waals surface area contributed by atoms with E-state index in [2.05, 4.69) is 15.9 Å². The summed E-state index contributed by atoms with van der Waals surface area (Å²) >= 11 is 3.36. The predicted octanol–water partition coefficient (Wildman–Crippen LogP) is 2.28. The van der Waals surface area contributed by atoms with Gasteiger partial charge in [0, 0.05) is 16.9 Å². The lowest BCUT2D eigenvalue weighted by molar-refractivity contribution is 0.0504. The van der Waals surface area contributed by atoms with E-state index in [1.165, 1.54) is 4.90 Å². The number of β-amino-alcohol motifs (C(OH)–C–C–N with tert-alkyl or cyclic N) is 1. The number of carboxylic acid groups (broad SMARTS) is 1. The van der Waals surface area contributed by atoms with Gasteiger partial charge in [0.25, 0.3) is 0 Å². The zero-order valence-corrected chi connectivity index (χ0v) is 10.8. The van der Waals surface area contributed by atoms with Crippen LogP contribution in [0.2, 0.25) is 0 Å². The van der Waals surface area contributed by atoms with Gasteiger partial charge in [0.2, 0.25) is 0 Å². The molecule has 0 radical (unpaired) electrons. The third-order valence-electron chi connectivity index (χ3n) is 3.15. The highest BCUT2D eigenvalue weighted by atomic mass is 79.9. The maximum atomic E-state index is 10.8. The molecule has 1 amide bonds. The molecule has 0 saturated carbocycles. The van der Waals surface area contributed by atoms with Gasteiger partial charge >= 0.3 is 6.09 Å². The molecular weight excluding hydrogens is 286 g/mol. The molecular formula is C12H14BrNO3. The first-order valence-corrected chi connectivity index (χ1v) is 6.28. The summed E-state index contributed by atoms with van der Waals surface area (Å²) in [5, 5.41) is 18.9. The van der Waals surface area contributed by atoms with E-state index < -0.39 is 12.2 Å². The van der Waals surface area contributed by atoms with Gasteiger partial charge in [0.05, 0.1) is 12.6 Å². The number of halogens is 1. The molecule has 0 unspecified atom stereocenters. The Balaban J connectivity index is 2.09. The summed E-state index contributed by atoms with van der Waals surface area (Å²) < 4.78 is 0.999. The monoisotopic (exact) mass is 299 g/mol. The third kappa shape index (κ3) is 2.79. The van der Waals surface area contributed by atoms with Gasteiger partial charge in [-0.2, -0.15) is 0 Å². The highest BCUT2D eigenvalue weighted by Gasteiger charge is 2.30. The van der Waals surface area contributed by atoms with Crippen molar-refractivity contribution in [3.8, 4) is 0 Å². The Morgan fingerprint density at radius 3 is 2.53 bits per heavy atom. The molecule has 1 aliphatic rings. The summed E-state index contributed by atoms with van der Waals surface area (Å²) in [5.74, 6) is 0.0266. The van der Waals surface area contributed by atoms with Gasteiger partial charge in [-0.3, -0.25) is 0 Å². The number of nitrogens with zero attached hydrogens (tertiary/aromatic N) is 1. The van der Waals surface area contributed by atoms with E-state index >= 15 is 0 Å². The van der Waals surface area contributed by atoms with Crippen LogP contribution in [0.25, 0.3) is 0 Å². The molecule has 5 heteroatoms. The Labute approximate surface area is 108 Å². The average molecular weight is 300 g/mol. The highest BCUT2D eigenvalue weighted by Crippen LogP contribution is 2.29. The van der Waals surface area contributed by atoms with Crippen LogP contribution in [0, 0.1) is 0 Å². The summed E-state index contributed by atoms with van der Waals surface area (Å²) in [5.41, 5.74) is 1.06. The van der Waals surface area contributed by atoms with Crippen LogP contribution in [0.4, 0.5) is 4.79 Å². The van der Waals surface area contributed by atoms with Crippen molar-refractivity contribution >= 4 is 22.0 Å². The molecule has 92 valence electrons. The molecule has 17 heavy (non-hydrogen) atoms. The minimum absolute atomic E-state index is 0.0266. The van der Waals surface area contributed by atoms with Crippen LogP contribution >= 0.6 is 15.9 Å². The van der Waals surface area contributed by atoms with E-state index in [0.29, 0.717) is 13.0 Å². The molecule has 1 aliphatic heterocycles. The van der Waals surface area contributed by atoms with E-state index in [1.54, 1.807) is 0 Å². The maximum Gasteiger partial charge on any atom is 0.407 e. The lowest BCUT2D eigenvalue weighted by Crippen LogP contribution is -2.45. The molecule has 1 heterocycles. The molecule has 2 N–H and O–H groups in total. The number of likely N-dealkylation sites (tertiary alicyclic amines) is 1. The molecule has 2 rings (SSSR count). The molecule has 1 aromatic carbocycles. The lowest BCUT2D eigenvalue weighted by atomic mass is 9.87. The van der Waals surface area contributed by atoms with Crippen molar-refractivity contribution < 1.29 is 15.0 Å². The van der Waals surface area contributed by atoms with Crippen LogP contribution in [0.15, 0.2) is 28.7 Å². The minimum atomic E-state index is -0.960. The van der Waals surface area contributed by atoms with Crippen molar-refractivity contribution in [2.24, 2.45) is 0 Å². The summed E-state index contributed by atoms with van der Waals surface area (Å²) in [6.07, 6.45) is -0.922. The number of rotatable bonds is 1. The fourth-order valence-corrected chi connectivity index (χ4v) is 2.47. The molecule has 0 bridgehead atoms. The van der Waals surface area contributed by atoms with Crippen molar-refractivity contribution in [1.29, 1.82) is 0 Å². The number of aliphatic hydroxyl groups excluding tert-OH is 1. The van der Waals surface area contributed by atoms with Gasteiger partial charge in [0.1, 0.15) is 0 Å². The third-order valence-corrected chi connectivity index (χ3v) is 3.68.